The van der Waals surface area contributed by atoms with Gasteiger partial charge in [0.25, 0.3) is 5.91 Å². The number of hydrogen-bond donors (Lipinski definition) is 1. The first-order valence-corrected chi connectivity index (χ1v) is 8.22. The van der Waals surface area contributed by atoms with Crippen LogP contribution in [-0.2, 0) is 4.74 Å². The van der Waals surface area contributed by atoms with Gasteiger partial charge in [-0.05, 0) is 37.3 Å². The molecule has 3 aromatic rings. The van der Waals surface area contributed by atoms with Crippen LogP contribution in [0.5, 0.6) is 0 Å². The molecule has 1 amide bonds. The third kappa shape index (κ3) is 3.48. The van der Waals surface area contributed by atoms with Crippen molar-refractivity contribution in [2.45, 2.75) is 6.92 Å². The number of amides is 1. The Morgan fingerprint density at radius 2 is 1.92 bits per heavy atom. The van der Waals surface area contributed by atoms with Crippen molar-refractivity contribution in [2.75, 3.05) is 11.9 Å². The first-order chi connectivity index (χ1) is 12.0. The van der Waals surface area contributed by atoms with Crippen LogP contribution in [0.2, 0.25) is 10.0 Å². The molecule has 5 nitrogen and oxygen atoms in total. The molecule has 0 unspecified atom stereocenters. The Balaban J connectivity index is 2.05. The number of benzene rings is 2. The molecule has 0 fully saturated rings. The van der Waals surface area contributed by atoms with E-state index in [1.165, 1.54) is 12.1 Å². The number of fused-ring (bicyclic) bond motifs is 1. The van der Waals surface area contributed by atoms with Gasteiger partial charge >= 0.3 is 5.97 Å². The van der Waals surface area contributed by atoms with Gasteiger partial charge in [0, 0.05) is 10.4 Å². The lowest BCUT2D eigenvalue weighted by Gasteiger charge is -2.08. The number of ether oxygens (including phenoxy) is 1. The molecule has 0 aliphatic carbocycles. The van der Waals surface area contributed by atoms with Crippen LogP contribution in [0.4, 0.5) is 5.69 Å². The van der Waals surface area contributed by atoms with Crippen LogP contribution in [-0.4, -0.2) is 18.5 Å². The highest BCUT2D eigenvalue weighted by Crippen LogP contribution is 2.32. The fraction of sp³-hybridized carbons (Fsp3) is 0.111. The molecule has 0 saturated carbocycles. The summed E-state index contributed by atoms with van der Waals surface area (Å²) in [5.74, 6) is -1.25. The van der Waals surface area contributed by atoms with Gasteiger partial charge in [-0.3, -0.25) is 4.79 Å². The first-order valence-electron chi connectivity index (χ1n) is 7.46. The van der Waals surface area contributed by atoms with Crippen LogP contribution in [0.25, 0.3) is 11.0 Å². The van der Waals surface area contributed by atoms with E-state index in [1.54, 1.807) is 37.3 Å². The van der Waals surface area contributed by atoms with E-state index in [0.29, 0.717) is 16.0 Å². The average Bonchev–Trinajstić information content (AvgIpc) is 2.96. The van der Waals surface area contributed by atoms with E-state index in [9.17, 15) is 9.59 Å². The summed E-state index contributed by atoms with van der Waals surface area (Å²) in [5.41, 5.74) is 0.877. The summed E-state index contributed by atoms with van der Waals surface area (Å²) in [6, 6.07) is 11.5. The molecular formula is C18H13Cl2NO4. The van der Waals surface area contributed by atoms with Crippen molar-refractivity contribution in [1.29, 1.82) is 0 Å². The van der Waals surface area contributed by atoms with E-state index >= 15 is 0 Å². The molecule has 2 aromatic carbocycles. The summed E-state index contributed by atoms with van der Waals surface area (Å²) in [7, 11) is 0. The molecule has 7 heteroatoms. The number of anilines is 1. The highest BCUT2D eigenvalue weighted by atomic mass is 35.5. The van der Waals surface area contributed by atoms with Crippen molar-refractivity contribution < 1.29 is 18.7 Å². The smallest absolute Gasteiger partial charge is 0.376 e. The molecule has 25 heavy (non-hydrogen) atoms. The van der Waals surface area contributed by atoms with Gasteiger partial charge in [0.05, 0.1) is 17.2 Å². The van der Waals surface area contributed by atoms with Crippen LogP contribution in [0.1, 0.15) is 27.8 Å². The standard InChI is InChI=1S/C18H13Cl2NO4/c1-2-24-18(23)16-15(11-5-3-4-6-14(11)25-16)21-17(22)12-9-10(19)7-8-13(12)20/h3-9H,2H2,1H3,(H,21,22). The van der Waals surface area contributed by atoms with Crippen molar-refractivity contribution in [3.05, 3.63) is 63.8 Å². The highest BCUT2D eigenvalue weighted by Gasteiger charge is 2.24. The zero-order chi connectivity index (χ0) is 18.0. The Kier molecular flexibility index (Phi) is 4.97. The second-order valence-corrected chi connectivity index (χ2v) is 5.94. The number of esters is 1. The monoisotopic (exact) mass is 377 g/mol. The van der Waals surface area contributed by atoms with Crippen LogP contribution in [0.15, 0.2) is 46.9 Å². The van der Waals surface area contributed by atoms with Gasteiger partial charge in [-0.25, -0.2) is 4.79 Å². The van der Waals surface area contributed by atoms with Gasteiger partial charge in [0.2, 0.25) is 5.76 Å². The summed E-state index contributed by atoms with van der Waals surface area (Å²) in [5, 5.41) is 3.88. The molecule has 1 heterocycles. The predicted octanol–water partition coefficient (Wildman–Crippen LogP) is 5.17. The molecule has 0 bridgehead atoms. The number of carbonyl (C=O) groups excluding carboxylic acids is 2. The molecule has 0 atom stereocenters. The van der Waals surface area contributed by atoms with Gasteiger partial charge < -0.3 is 14.5 Å². The topological polar surface area (TPSA) is 68.5 Å². The van der Waals surface area contributed by atoms with Crippen molar-refractivity contribution >= 4 is 51.7 Å². The lowest BCUT2D eigenvalue weighted by Crippen LogP contribution is -2.15. The summed E-state index contributed by atoms with van der Waals surface area (Å²) in [6.45, 7) is 1.87. The Hall–Kier alpha value is -2.50. The maximum atomic E-state index is 12.6. The molecular weight excluding hydrogens is 365 g/mol. The number of hydrogen-bond acceptors (Lipinski definition) is 4. The second kappa shape index (κ2) is 7.17. The van der Waals surface area contributed by atoms with Crippen LogP contribution < -0.4 is 5.32 Å². The minimum absolute atomic E-state index is 0.0745. The van der Waals surface area contributed by atoms with E-state index in [0.717, 1.165) is 0 Å². The van der Waals surface area contributed by atoms with E-state index in [-0.39, 0.29) is 28.6 Å². The zero-order valence-electron chi connectivity index (χ0n) is 13.1. The zero-order valence-corrected chi connectivity index (χ0v) is 14.6. The van der Waals surface area contributed by atoms with Crippen molar-refractivity contribution in [2.24, 2.45) is 0 Å². The third-order valence-corrected chi connectivity index (χ3v) is 4.03. The SMILES string of the molecule is CCOC(=O)c1oc2ccccc2c1NC(=O)c1cc(Cl)ccc1Cl. The molecule has 0 saturated heterocycles. The largest absolute Gasteiger partial charge is 0.460 e. The average molecular weight is 378 g/mol. The van der Waals surface area contributed by atoms with Crippen molar-refractivity contribution in [1.82, 2.24) is 0 Å². The lowest BCUT2D eigenvalue weighted by molar-refractivity contribution is 0.0494. The minimum Gasteiger partial charge on any atom is -0.460 e. The Morgan fingerprint density at radius 1 is 1.16 bits per heavy atom. The van der Waals surface area contributed by atoms with E-state index < -0.39 is 11.9 Å². The summed E-state index contributed by atoms with van der Waals surface area (Å²) in [6.07, 6.45) is 0. The second-order valence-electron chi connectivity index (χ2n) is 5.10. The van der Waals surface area contributed by atoms with Crippen LogP contribution in [0.3, 0.4) is 0 Å². The Morgan fingerprint density at radius 3 is 2.68 bits per heavy atom. The van der Waals surface area contributed by atoms with Crippen molar-refractivity contribution in [3.63, 3.8) is 0 Å². The molecule has 0 radical (unpaired) electrons. The Labute approximate surface area is 153 Å². The number of halogens is 2. The van der Waals surface area contributed by atoms with E-state index in [2.05, 4.69) is 5.32 Å². The third-order valence-electron chi connectivity index (χ3n) is 3.47. The number of carbonyl (C=O) groups is 2. The lowest BCUT2D eigenvalue weighted by atomic mass is 10.1. The minimum atomic E-state index is -0.661. The molecule has 128 valence electrons. The molecule has 1 N–H and O–H groups in total. The van der Waals surface area contributed by atoms with Crippen LogP contribution >= 0.6 is 23.2 Å². The normalized spacial score (nSPS) is 10.7. The van der Waals surface area contributed by atoms with Crippen molar-refractivity contribution in [3.8, 4) is 0 Å². The maximum Gasteiger partial charge on any atom is 0.376 e. The Bertz CT molecular complexity index is 965. The molecule has 3 rings (SSSR count). The molecule has 1 aromatic heterocycles. The number of nitrogens with one attached hydrogen (secondary N) is 1. The fourth-order valence-electron chi connectivity index (χ4n) is 2.36. The fourth-order valence-corrected chi connectivity index (χ4v) is 2.74. The van der Waals surface area contributed by atoms with Crippen LogP contribution in [0, 0.1) is 0 Å². The van der Waals surface area contributed by atoms with Gasteiger partial charge in [-0.15, -0.1) is 0 Å². The van der Waals surface area contributed by atoms with Gasteiger partial charge in [-0.2, -0.15) is 0 Å². The number of para-hydroxylation sites is 1. The summed E-state index contributed by atoms with van der Waals surface area (Å²) in [4.78, 5) is 24.8. The summed E-state index contributed by atoms with van der Waals surface area (Å²) >= 11 is 12.0. The highest BCUT2D eigenvalue weighted by molar-refractivity contribution is 6.36. The van der Waals surface area contributed by atoms with E-state index in [1.807, 2.05) is 0 Å². The predicted molar refractivity (Wildman–Crippen MR) is 96.6 cm³/mol. The van der Waals surface area contributed by atoms with E-state index in [4.69, 9.17) is 32.4 Å². The molecule has 0 spiro atoms. The molecule has 0 aliphatic rings. The number of rotatable bonds is 4. The van der Waals surface area contributed by atoms with Gasteiger partial charge in [0.1, 0.15) is 11.3 Å². The van der Waals surface area contributed by atoms with Gasteiger partial charge in [-0.1, -0.05) is 35.3 Å². The quantitative estimate of drug-likeness (QED) is 0.636. The summed E-state index contributed by atoms with van der Waals surface area (Å²) < 4.78 is 10.6. The maximum absolute atomic E-state index is 12.6. The first kappa shape index (κ1) is 17.3. The molecule has 0 aliphatic heterocycles. The number of furan rings is 1. The van der Waals surface area contributed by atoms with Gasteiger partial charge in [0.15, 0.2) is 0 Å².